The molecule has 5 nitrogen and oxygen atoms in total. The molecule has 0 radical (unpaired) electrons. The van der Waals surface area contributed by atoms with Crippen LogP contribution in [0, 0.1) is 0 Å². The third kappa shape index (κ3) is 3.77. The zero-order chi connectivity index (χ0) is 17.0. The molecule has 1 saturated heterocycles. The zero-order valence-corrected chi connectivity index (χ0v) is 14.6. The molecule has 0 unspecified atom stereocenters. The summed E-state index contributed by atoms with van der Waals surface area (Å²) in [5, 5.41) is 0. The van der Waals surface area contributed by atoms with Gasteiger partial charge in [0.15, 0.2) is 0 Å². The van der Waals surface area contributed by atoms with Crippen LogP contribution in [0.15, 0.2) is 59.5 Å². The number of hydrogen-bond donors (Lipinski definition) is 0. The second kappa shape index (κ2) is 7.34. The smallest absolute Gasteiger partial charge is 0.243 e. The summed E-state index contributed by atoms with van der Waals surface area (Å²) < 4.78 is 32.7. The van der Waals surface area contributed by atoms with Gasteiger partial charge in [0.25, 0.3) is 0 Å². The van der Waals surface area contributed by atoms with Gasteiger partial charge in [-0.2, -0.15) is 4.31 Å². The molecule has 2 aromatic rings. The number of likely N-dealkylation sites (N-methyl/N-ethyl adjacent to an activating group) is 1. The summed E-state index contributed by atoms with van der Waals surface area (Å²) in [5.41, 5.74) is 0. The standard InChI is InChI=1S/C18H22N2O3S/c1-2-19-12-14-20(15-13-19)24(21,22)18-10-8-17(9-11-18)23-16-6-4-3-5-7-16/h3-11H,2,12-15H2,1H3. The van der Waals surface area contributed by atoms with Gasteiger partial charge in [-0.15, -0.1) is 0 Å². The summed E-state index contributed by atoms with van der Waals surface area (Å²) in [4.78, 5) is 2.57. The van der Waals surface area contributed by atoms with Crippen molar-refractivity contribution in [3.63, 3.8) is 0 Å². The summed E-state index contributed by atoms with van der Waals surface area (Å²) in [6.07, 6.45) is 0. The summed E-state index contributed by atoms with van der Waals surface area (Å²) in [5.74, 6) is 1.35. The Morgan fingerprint density at radius 3 is 2.04 bits per heavy atom. The number of piperazine rings is 1. The average molecular weight is 346 g/mol. The summed E-state index contributed by atoms with van der Waals surface area (Å²) in [6.45, 7) is 5.70. The van der Waals surface area contributed by atoms with Crippen LogP contribution in [0.1, 0.15) is 6.92 Å². The van der Waals surface area contributed by atoms with Crippen LogP contribution in [0.5, 0.6) is 11.5 Å². The fourth-order valence-electron chi connectivity index (χ4n) is 2.74. The number of para-hydroxylation sites is 1. The minimum Gasteiger partial charge on any atom is -0.457 e. The third-order valence-electron chi connectivity index (χ3n) is 4.22. The van der Waals surface area contributed by atoms with Crippen LogP contribution in [0.25, 0.3) is 0 Å². The molecule has 128 valence electrons. The number of benzene rings is 2. The van der Waals surface area contributed by atoms with E-state index in [0.717, 1.165) is 25.4 Å². The summed E-state index contributed by atoms with van der Waals surface area (Å²) in [6, 6.07) is 16.0. The van der Waals surface area contributed by atoms with E-state index in [2.05, 4.69) is 11.8 Å². The highest BCUT2D eigenvalue weighted by Gasteiger charge is 2.27. The second-order valence-corrected chi connectivity index (χ2v) is 7.66. The Bertz CT molecular complexity index is 753. The van der Waals surface area contributed by atoms with Crippen molar-refractivity contribution in [1.82, 2.24) is 9.21 Å². The topological polar surface area (TPSA) is 49.9 Å². The Morgan fingerprint density at radius 1 is 0.875 bits per heavy atom. The molecule has 0 aliphatic carbocycles. The predicted octanol–water partition coefficient (Wildman–Crippen LogP) is 2.81. The molecule has 3 rings (SSSR count). The van der Waals surface area contributed by atoms with Gasteiger partial charge in [0.1, 0.15) is 11.5 Å². The van der Waals surface area contributed by atoms with Gasteiger partial charge in [-0.1, -0.05) is 25.1 Å². The molecular formula is C18H22N2O3S. The van der Waals surface area contributed by atoms with E-state index in [1.54, 1.807) is 28.6 Å². The van der Waals surface area contributed by atoms with Crippen molar-refractivity contribution in [1.29, 1.82) is 0 Å². The third-order valence-corrected chi connectivity index (χ3v) is 6.13. The Morgan fingerprint density at radius 2 is 1.46 bits per heavy atom. The lowest BCUT2D eigenvalue weighted by Gasteiger charge is -2.33. The van der Waals surface area contributed by atoms with Crippen LogP contribution in [0.4, 0.5) is 0 Å². The van der Waals surface area contributed by atoms with Crippen molar-refractivity contribution in [2.45, 2.75) is 11.8 Å². The highest BCUT2D eigenvalue weighted by atomic mass is 32.2. The lowest BCUT2D eigenvalue weighted by Crippen LogP contribution is -2.48. The molecule has 1 heterocycles. The fraction of sp³-hybridized carbons (Fsp3) is 0.333. The quantitative estimate of drug-likeness (QED) is 0.835. The first kappa shape index (κ1) is 17.0. The lowest BCUT2D eigenvalue weighted by atomic mass is 10.3. The zero-order valence-electron chi connectivity index (χ0n) is 13.8. The first-order valence-corrected chi connectivity index (χ1v) is 9.59. The molecule has 0 N–H and O–H groups in total. The van der Waals surface area contributed by atoms with Gasteiger partial charge in [0.2, 0.25) is 10.0 Å². The van der Waals surface area contributed by atoms with Gasteiger partial charge < -0.3 is 9.64 Å². The minimum atomic E-state index is -3.43. The summed E-state index contributed by atoms with van der Waals surface area (Å²) in [7, 11) is -3.43. The van der Waals surface area contributed by atoms with E-state index in [1.807, 2.05) is 30.3 Å². The van der Waals surface area contributed by atoms with E-state index in [-0.39, 0.29) is 0 Å². The van der Waals surface area contributed by atoms with E-state index < -0.39 is 10.0 Å². The molecular weight excluding hydrogens is 324 g/mol. The molecule has 1 aliphatic rings. The highest BCUT2D eigenvalue weighted by Crippen LogP contribution is 2.24. The molecule has 0 saturated carbocycles. The molecule has 1 aliphatic heterocycles. The van der Waals surface area contributed by atoms with Gasteiger partial charge in [0, 0.05) is 26.2 Å². The average Bonchev–Trinajstić information content (AvgIpc) is 2.63. The van der Waals surface area contributed by atoms with Crippen molar-refractivity contribution in [3.05, 3.63) is 54.6 Å². The Kier molecular flexibility index (Phi) is 5.18. The molecule has 2 aromatic carbocycles. The van der Waals surface area contributed by atoms with Crippen LogP contribution < -0.4 is 4.74 Å². The van der Waals surface area contributed by atoms with Crippen LogP contribution in [0.3, 0.4) is 0 Å². The molecule has 0 spiro atoms. The molecule has 0 amide bonds. The van der Waals surface area contributed by atoms with E-state index in [0.29, 0.717) is 23.7 Å². The molecule has 6 heteroatoms. The number of hydrogen-bond acceptors (Lipinski definition) is 4. The Hall–Kier alpha value is -1.89. The Balaban J connectivity index is 1.70. The first-order chi connectivity index (χ1) is 11.6. The van der Waals surface area contributed by atoms with Crippen molar-refractivity contribution in [2.24, 2.45) is 0 Å². The van der Waals surface area contributed by atoms with Crippen molar-refractivity contribution in [2.75, 3.05) is 32.7 Å². The van der Waals surface area contributed by atoms with E-state index in [9.17, 15) is 8.42 Å². The number of ether oxygens (including phenoxy) is 1. The highest BCUT2D eigenvalue weighted by molar-refractivity contribution is 7.89. The maximum absolute atomic E-state index is 12.7. The fourth-order valence-corrected chi connectivity index (χ4v) is 4.16. The van der Waals surface area contributed by atoms with Crippen molar-refractivity contribution < 1.29 is 13.2 Å². The van der Waals surface area contributed by atoms with Gasteiger partial charge >= 0.3 is 0 Å². The van der Waals surface area contributed by atoms with E-state index in [1.165, 1.54) is 0 Å². The molecule has 0 atom stereocenters. The Labute approximate surface area is 143 Å². The number of nitrogens with zero attached hydrogens (tertiary/aromatic N) is 2. The maximum Gasteiger partial charge on any atom is 0.243 e. The van der Waals surface area contributed by atoms with Crippen molar-refractivity contribution >= 4 is 10.0 Å². The van der Waals surface area contributed by atoms with Crippen LogP contribution in [-0.4, -0.2) is 50.3 Å². The van der Waals surface area contributed by atoms with Gasteiger partial charge in [0.05, 0.1) is 4.90 Å². The minimum absolute atomic E-state index is 0.313. The van der Waals surface area contributed by atoms with E-state index in [4.69, 9.17) is 4.74 Å². The molecule has 0 aromatic heterocycles. The largest absolute Gasteiger partial charge is 0.457 e. The molecule has 24 heavy (non-hydrogen) atoms. The van der Waals surface area contributed by atoms with Gasteiger partial charge in [-0.05, 0) is 42.9 Å². The predicted molar refractivity (Wildman–Crippen MR) is 93.8 cm³/mol. The normalized spacial score (nSPS) is 16.9. The molecule has 1 fully saturated rings. The van der Waals surface area contributed by atoms with Crippen LogP contribution in [-0.2, 0) is 10.0 Å². The monoisotopic (exact) mass is 346 g/mol. The SMILES string of the molecule is CCN1CCN(S(=O)(=O)c2ccc(Oc3ccccc3)cc2)CC1. The van der Waals surface area contributed by atoms with E-state index >= 15 is 0 Å². The number of rotatable bonds is 5. The lowest BCUT2D eigenvalue weighted by molar-refractivity contribution is 0.196. The van der Waals surface area contributed by atoms with Crippen molar-refractivity contribution in [3.8, 4) is 11.5 Å². The van der Waals surface area contributed by atoms with Gasteiger partial charge in [-0.25, -0.2) is 8.42 Å². The maximum atomic E-state index is 12.7. The second-order valence-electron chi connectivity index (χ2n) is 5.72. The first-order valence-electron chi connectivity index (χ1n) is 8.15. The number of sulfonamides is 1. The van der Waals surface area contributed by atoms with Crippen LogP contribution in [0.2, 0.25) is 0 Å². The summed E-state index contributed by atoms with van der Waals surface area (Å²) >= 11 is 0. The van der Waals surface area contributed by atoms with Crippen LogP contribution >= 0.6 is 0 Å². The van der Waals surface area contributed by atoms with Gasteiger partial charge in [-0.3, -0.25) is 0 Å². The molecule has 0 bridgehead atoms.